The second kappa shape index (κ2) is 14.0. The van der Waals surface area contributed by atoms with Crippen LogP contribution >= 0.6 is 0 Å². The van der Waals surface area contributed by atoms with Gasteiger partial charge in [-0.25, -0.2) is 9.79 Å². The van der Waals surface area contributed by atoms with Crippen molar-refractivity contribution < 1.29 is 9.53 Å². The number of rotatable bonds is 5. The van der Waals surface area contributed by atoms with Crippen LogP contribution in [0.25, 0.3) is 0 Å². The average molecular weight is 447 g/mol. The van der Waals surface area contributed by atoms with E-state index in [0.717, 1.165) is 22.5 Å². The van der Waals surface area contributed by atoms with Gasteiger partial charge >= 0.3 is 5.97 Å². The first-order valence-electron chi connectivity index (χ1n) is 11.2. The van der Waals surface area contributed by atoms with E-state index in [0.29, 0.717) is 11.0 Å². The van der Waals surface area contributed by atoms with Crippen molar-refractivity contribution in [3.05, 3.63) is 102 Å². The highest BCUT2D eigenvalue weighted by atomic mass is 16.5. The van der Waals surface area contributed by atoms with Crippen molar-refractivity contribution in [2.75, 3.05) is 7.05 Å². The monoisotopic (exact) mass is 446 g/mol. The molecule has 0 heterocycles. The Kier molecular flexibility index (Phi) is 11.8. The van der Waals surface area contributed by atoms with Gasteiger partial charge in [-0.1, -0.05) is 88.4 Å². The Bertz CT molecular complexity index is 924. The first-order valence-corrected chi connectivity index (χ1v) is 11.2. The Morgan fingerprint density at radius 2 is 1.12 bits per heavy atom. The third kappa shape index (κ3) is 11.3. The number of carbonyl (C=O) groups is 1. The molecule has 4 nitrogen and oxygen atoms in total. The second-order valence-corrected chi connectivity index (χ2v) is 9.19. The predicted molar refractivity (Wildman–Crippen MR) is 140 cm³/mol. The van der Waals surface area contributed by atoms with Crippen molar-refractivity contribution in [3.8, 4) is 0 Å². The van der Waals surface area contributed by atoms with Crippen molar-refractivity contribution in [3.63, 3.8) is 0 Å². The fourth-order valence-corrected chi connectivity index (χ4v) is 2.57. The number of benzene rings is 3. The highest BCUT2D eigenvalue weighted by Crippen LogP contribution is 2.19. The van der Waals surface area contributed by atoms with Crippen molar-refractivity contribution in [1.82, 2.24) is 0 Å². The van der Waals surface area contributed by atoms with Gasteiger partial charge in [0.05, 0.1) is 23.1 Å². The maximum absolute atomic E-state index is 12.0. The summed E-state index contributed by atoms with van der Waals surface area (Å²) in [7, 11) is 1.50. The zero-order chi connectivity index (χ0) is 24.9. The molecule has 0 atom stereocenters. The molecule has 0 aliphatic rings. The maximum Gasteiger partial charge on any atom is 0.338 e. The Morgan fingerprint density at radius 1 is 0.727 bits per heavy atom. The van der Waals surface area contributed by atoms with E-state index >= 15 is 0 Å². The maximum atomic E-state index is 12.0. The predicted octanol–water partition coefficient (Wildman–Crippen LogP) is 7.05. The van der Waals surface area contributed by atoms with Crippen LogP contribution in [-0.4, -0.2) is 24.8 Å². The van der Waals surface area contributed by atoms with E-state index in [-0.39, 0.29) is 12.1 Å². The zero-order valence-corrected chi connectivity index (χ0v) is 21.0. The van der Waals surface area contributed by atoms with Gasteiger partial charge in [-0.05, 0) is 50.6 Å². The first kappa shape index (κ1) is 27.8. The summed E-state index contributed by atoms with van der Waals surface area (Å²) in [5.41, 5.74) is 9.29. The molecule has 3 aromatic rings. The van der Waals surface area contributed by atoms with Crippen LogP contribution in [0, 0.1) is 5.41 Å². The fourth-order valence-electron chi connectivity index (χ4n) is 2.57. The lowest BCUT2D eigenvalue weighted by Crippen LogP contribution is -2.11. The molecule has 0 spiro atoms. The van der Waals surface area contributed by atoms with E-state index in [1.807, 2.05) is 86.6 Å². The highest BCUT2D eigenvalue weighted by Gasteiger charge is 2.10. The Balaban J connectivity index is 0.000000689. The zero-order valence-electron chi connectivity index (χ0n) is 21.0. The molecule has 3 aromatic carbocycles. The minimum absolute atomic E-state index is 0.136. The van der Waals surface area contributed by atoms with Crippen molar-refractivity contribution in [2.45, 2.75) is 47.6 Å². The molecule has 0 aliphatic heterocycles. The van der Waals surface area contributed by atoms with Gasteiger partial charge in [0.25, 0.3) is 0 Å². The molecule has 0 bridgehead atoms. The van der Waals surface area contributed by atoms with E-state index in [1.54, 1.807) is 12.1 Å². The summed E-state index contributed by atoms with van der Waals surface area (Å²) in [6.07, 6.45) is -0.136. The van der Waals surface area contributed by atoms with Crippen molar-refractivity contribution in [2.24, 2.45) is 16.1 Å². The van der Waals surface area contributed by atoms with Crippen LogP contribution in [0.15, 0.2) is 89.9 Å². The van der Waals surface area contributed by atoms with E-state index in [2.05, 4.69) is 33.4 Å². The number of aliphatic imine (C=N–C) groups is 1. The standard InChI is InChI=1S/C23H21NO2.C5H12.CH5N/c1-17(2)26-23(25)20-13-15-21(16-14-20)24-22(18-9-5-3-6-10-18)19-11-7-4-8-12-19;1-5(2,3)4;1-2/h3-17H,1-2H3;1-4H3;2H2,1H3. The molecule has 0 amide bonds. The minimum Gasteiger partial charge on any atom is -0.459 e. The number of ether oxygens (including phenoxy) is 1. The molecule has 0 aromatic heterocycles. The summed E-state index contributed by atoms with van der Waals surface area (Å²) in [5.74, 6) is -0.318. The van der Waals surface area contributed by atoms with Crippen molar-refractivity contribution >= 4 is 17.4 Å². The number of nitrogens with two attached hydrogens (primary N) is 1. The van der Waals surface area contributed by atoms with Crippen LogP contribution in [0.4, 0.5) is 5.69 Å². The quantitative estimate of drug-likeness (QED) is 0.337. The van der Waals surface area contributed by atoms with Crippen LogP contribution in [0.2, 0.25) is 0 Å². The van der Waals surface area contributed by atoms with Gasteiger partial charge in [0.15, 0.2) is 0 Å². The number of nitrogens with zero attached hydrogens (tertiary/aromatic N) is 1. The molecular formula is C29H38N2O2. The van der Waals surface area contributed by atoms with Crippen LogP contribution < -0.4 is 5.73 Å². The third-order valence-electron chi connectivity index (χ3n) is 3.78. The topological polar surface area (TPSA) is 64.7 Å². The van der Waals surface area contributed by atoms with Crippen LogP contribution in [-0.2, 0) is 4.74 Å². The van der Waals surface area contributed by atoms with E-state index in [9.17, 15) is 4.79 Å². The normalized spacial score (nSPS) is 10.2. The molecule has 3 rings (SSSR count). The van der Waals surface area contributed by atoms with Gasteiger partial charge in [0.1, 0.15) is 0 Å². The molecule has 2 N–H and O–H groups in total. The Labute approximate surface area is 199 Å². The molecule has 0 saturated carbocycles. The molecule has 0 unspecified atom stereocenters. The van der Waals surface area contributed by atoms with Gasteiger partial charge in [-0.3, -0.25) is 0 Å². The summed E-state index contributed by atoms with van der Waals surface area (Å²) < 4.78 is 5.22. The molecule has 0 saturated heterocycles. The molecule has 176 valence electrons. The Hall–Kier alpha value is -3.24. The number of hydrogen-bond donors (Lipinski definition) is 1. The number of carbonyl (C=O) groups excluding carboxylic acids is 1. The summed E-state index contributed by atoms with van der Waals surface area (Å²) in [6.45, 7) is 12.4. The van der Waals surface area contributed by atoms with Crippen LogP contribution in [0.5, 0.6) is 0 Å². The largest absolute Gasteiger partial charge is 0.459 e. The van der Waals surface area contributed by atoms with Gasteiger partial charge in [0, 0.05) is 11.1 Å². The average Bonchev–Trinajstić information content (AvgIpc) is 2.79. The molecule has 33 heavy (non-hydrogen) atoms. The van der Waals surface area contributed by atoms with Crippen LogP contribution in [0.1, 0.15) is 63.0 Å². The van der Waals surface area contributed by atoms with E-state index in [4.69, 9.17) is 9.73 Å². The van der Waals surface area contributed by atoms with Crippen molar-refractivity contribution in [1.29, 1.82) is 0 Å². The Morgan fingerprint density at radius 3 is 1.48 bits per heavy atom. The smallest absolute Gasteiger partial charge is 0.338 e. The second-order valence-electron chi connectivity index (χ2n) is 9.19. The van der Waals surface area contributed by atoms with Crippen LogP contribution in [0.3, 0.4) is 0 Å². The third-order valence-corrected chi connectivity index (χ3v) is 3.78. The van der Waals surface area contributed by atoms with Gasteiger partial charge < -0.3 is 10.5 Å². The van der Waals surface area contributed by atoms with Gasteiger partial charge in [0.2, 0.25) is 0 Å². The summed E-state index contributed by atoms with van der Waals surface area (Å²) >= 11 is 0. The number of hydrogen-bond acceptors (Lipinski definition) is 4. The lowest BCUT2D eigenvalue weighted by molar-refractivity contribution is 0.0378. The van der Waals surface area contributed by atoms with E-state index < -0.39 is 0 Å². The molecule has 4 heteroatoms. The lowest BCUT2D eigenvalue weighted by Gasteiger charge is -2.09. The molecular weight excluding hydrogens is 408 g/mol. The lowest BCUT2D eigenvalue weighted by atomic mass is 10.0. The fraction of sp³-hybridized carbons (Fsp3) is 0.310. The highest BCUT2D eigenvalue weighted by molar-refractivity contribution is 6.13. The molecule has 0 radical (unpaired) electrons. The van der Waals surface area contributed by atoms with Gasteiger partial charge in [-0.15, -0.1) is 0 Å². The van der Waals surface area contributed by atoms with Gasteiger partial charge in [-0.2, -0.15) is 0 Å². The summed E-state index contributed by atoms with van der Waals surface area (Å²) in [5, 5.41) is 0. The first-order chi connectivity index (χ1) is 15.6. The molecule has 0 fully saturated rings. The molecule has 0 aliphatic carbocycles. The van der Waals surface area contributed by atoms with E-state index in [1.165, 1.54) is 7.05 Å². The summed E-state index contributed by atoms with van der Waals surface area (Å²) in [4.78, 5) is 16.8. The number of esters is 1. The SMILES string of the molecule is CC(C)(C)C.CC(C)OC(=O)c1ccc(N=C(c2ccccc2)c2ccccc2)cc1.CN. The summed E-state index contributed by atoms with van der Waals surface area (Å²) in [6, 6.07) is 27.3. The minimum atomic E-state index is -0.318.